The number of aryl methyl sites for hydroxylation is 1. The Kier molecular flexibility index (Phi) is 5.36. The lowest BCUT2D eigenvalue weighted by Crippen LogP contribution is -2.02. The molecule has 0 spiro atoms. The van der Waals surface area contributed by atoms with Gasteiger partial charge in [-0.15, -0.1) is 0 Å². The predicted octanol–water partition coefficient (Wildman–Crippen LogP) is 7.16. The van der Waals surface area contributed by atoms with Crippen LogP contribution in [0.15, 0.2) is 54.6 Å². The fraction of sp³-hybridized carbons (Fsp3) is 0.333. The summed E-state index contributed by atoms with van der Waals surface area (Å²) in [6.07, 6.45) is 2.17. The highest BCUT2D eigenvalue weighted by atomic mass is 14.9. The molecule has 0 aliphatic heterocycles. The minimum absolute atomic E-state index is 0.597. The molecular formula is C27H30N2. The van der Waals surface area contributed by atoms with Crippen LogP contribution < -0.4 is 0 Å². The zero-order valence-corrected chi connectivity index (χ0v) is 18.2. The molecule has 0 amide bonds. The maximum absolute atomic E-state index is 4.94. The van der Waals surface area contributed by atoms with Crippen LogP contribution in [0, 0.1) is 18.8 Å². The number of fused-ring (bicyclic) bond motifs is 3. The van der Waals surface area contributed by atoms with Crippen LogP contribution in [0.25, 0.3) is 32.9 Å². The van der Waals surface area contributed by atoms with E-state index < -0.39 is 0 Å². The van der Waals surface area contributed by atoms with Gasteiger partial charge in [-0.05, 0) is 54.2 Å². The zero-order chi connectivity index (χ0) is 20.5. The van der Waals surface area contributed by atoms with Crippen LogP contribution in [-0.2, 0) is 12.8 Å². The van der Waals surface area contributed by atoms with Crippen LogP contribution in [0.4, 0.5) is 0 Å². The number of aromatic nitrogens is 2. The normalized spacial score (nSPS) is 11.8. The van der Waals surface area contributed by atoms with Gasteiger partial charge in [0.05, 0.1) is 11.2 Å². The molecule has 0 unspecified atom stereocenters. The van der Waals surface area contributed by atoms with Crippen LogP contribution in [0.5, 0.6) is 0 Å². The van der Waals surface area contributed by atoms with Crippen molar-refractivity contribution in [2.24, 2.45) is 11.8 Å². The highest BCUT2D eigenvalue weighted by Gasteiger charge is 2.15. The first-order valence-electron chi connectivity index (χ1n) is 10.7. The molecule has 1 heterocycles. The number of benzene rings is 3. The molecule has 0 N–H and O–H groups in total. The smallest absolute Gasteiger partial charge is 0.126 e. The molecule has 4 rings (SSSR count). The molecule has 0 atom stereocenters. The molecule has 3 aromatic carbocycles. The second-order valence-electron chi connectivity index (χ2n) is 9.00. The van der Waals surface area contributed by atoms with E-state index in [0.29, 0.717) is 11.8 Å². The Labute approximate surface area is 174 Å². The SMILES string of the molecule is Cc1nc(-c2ccccc2)c2ccc3cc(CC(C)C)cc(CC(C)C)c3c2n1. The van der Waals surface area contributed by atoms with Crippen molar-refractivity contribution in [2.45, 2.75) is 47.5 Å². The third-order valence-electron chi connectivity index (χ3n) is 5.35. The number of hydrogen-bond donors (Lipinski definition) is 0. The number of rotatable bonds is 5. The van der Waals surface area contributed by atoms with Crippen molar-refractivity contribution in [3.8, 4) is 11.3 Å². The molecule has 2 nitrogen and oxygen atoms in total. The summed E-state index contributed by atoms with van der Waals surface area (Å²) in [5.74, 6) is 2.07. The summed E-state index contributed by atoms with van der Waals surface area (Å²) < 4.78 is 0. The Morgan fingerprint density at radius 3 is 2.21 bits per heavy atom. The van der Waals surface area contributed by atoms with E-state index in [1.165, 1.54) is 21.9 Å². The van der Waals surface area contributed by atoms with E-state index in [2.05, 4.69) is 76.2 Å². The molecule has 148 valence electrons. The average molecular weight is 383 g/mol. The van der Waals surface area contributed by atoms with Gasteiger partial charge >= 0.3 is 0 Å². The lowest BCUT2D eigenvalue weighted by molar-refractivity contribution is 0.638. The van der Waals surface area contributed by atoms with Gasteiger partial charge in [0, 0.05) is 16.3 Å². The Bertz CT molecular complexity index is 1160. The molecule has 0 aliphatic carbocycles. The van der Waals surface area contributed by atoms with Gasteiger partial charge in [0.25, 0.3) is 0 Å². The van der Waals surface area contributed by atoms with Gasteiger partial charge in [-0.25, -0.2) is 9.97 Å². The summed E-state index contributed by atoms with van der Waals surface area (Å²) in [7, 11) is 0. The van der Waals surface area contributed by atoms with Crippen LogP contribution in [0.1, 0.15) is 44.6 Å². The van der Waals surface area contributed by atoms with Gasteiger partial charge in [0.1, 0.15) is 5.82 Å². The molecular weight excluding hydrogens is 352 g/mol. The Balaban J connectivity index is 2.05. The van der Waals surface area contributed by atoms with E-state index in [4.69, 9.17) is 9.97 Å². The van der Waals surface area contributed by atoms with Crippen LogP contribution in [-0.4, -0.2) is 9.97 Å². The van der Waals surface area contributed by atoms with Crippen molar-refractivity contribution >= 4 is 21.7 Å². The van der Waals surface area contributed by atoms with E-state index in [9.17, 15) is 0 Å². The number of nitrogens with zero attached hydrogens (tertiary/aromatic N) is 2. The fourth-order valence-electron chi connectivity index (χ4n) is 4.32. The largest absolute Gasteiger partial charge is 0.233 e. The van der Waals surface area contributed by atoms with Gasteiger partial charge in [-0.2, -0.15) is 0 Å². The summed E-state index contributed by atoms with van der Waals surface area (Å²) in [4.78, 5) is 9.75. The Morgan fingerprint density at radius 2 is 1.52 bits per heavy atom. The molecule has 1 aromatic heterocycles. The number of hydrogen-bond acceptors (Lipinski definition) is 2. The van der Waals surface area contributed by atoms with Crippen LogP contribution in [0.3, 0.4) is 0 Å². The lowest BCUT2D eigenvalue weighted by Gasteiger charge is -2.16. The first kappa shape index (κ1) is 19.6. The van der Waals surface area contributed by atoms with Crippen molar-refractivity contribution in [2.75, 3.05) is 0 Å². The monoisotopic (exact) mass is 382 g/mol. The second-order valence-corrected chi connectivity index (χ2v) is 9.00. The zero-order valence-electron chi connectivity index (χ0n) is 18.2. The third kappa shape index (κ3) is 4.03. The maximum Gasteiger partial charge on any atom is 0.126 e. The van der Waals surface area contributed by atoms with Gasteiger partial charge in [0.2, 0.25) is 0 Å². The second kappa shape index (κ2) is 7.94. The minimum Gasteiger partial charge on any atom is -0.233 e. The molecule has 0 fully saturated rings. The Hall–Kier alpha value is -2.74. The molecule has 2 heteroatoms. The van der Waals surface area contributed by atoms with Crippen LogP contribution in [0.2, 0.25) is 0 Å². The molecule has 0 aliphatic rings. The van der Waals surface area contributed by atoms with Gasteiger partial charge < -0.3 is 0 Å². The minimum atomic E-state index is 0.597. The summed E-state index contributed by atoms with van der Waals surface area (Å²) in [5, 5.41) is 3.73. The summed E-state index contributed by atoms with van der Waals surface area (Å²) >= 11 is 0. The average Bonchev–Trinajstić information content (AvgIpc) is 2.66. The molecule has 0 bridgehead atoms. The third-order valence-corrected chi connectivity index (χ3v) is 5.35. The fourth-order valence-corrected chi connectivity index (χ4v) is 4.32. The Morgan fingerprint density at radius 1 is 0.793 bits per heavy atom. The maximum atomic E-state index is 4.94. The van der Waals surface area contributed by atoms with Crippen molar-refractivity contribution < 1.29 is 0 Å². The summed E-state index contributed by atoms with van der Waals surface area (Å²) in [6.45, 7) is 11.2. The van der Waals surface area contributed by atoms with E-state index in [0.717, 1.165) is 40.8 Å². The van der Waals surface area contributed by atoms with E-state index >= 15 is 0 Å². The van der Waals surface area contributed by atoms with Crippen molar-refractivity contribution in [1.82, 2.24) is 9.97 Å². The van der Waals surface area contributed by atoms with Crippen molar-refractivity contribution in [3.63, 3.8) is 0 Å². The predicted molar refractivity (Wildman–Crippen MR) is 124 cm³/mol. The van der Waals surface area contributed by atoms with Crippen LogP contribution >= 0.6 is 0 Å². The first-order chi connectivity index (χ1) is 13.9. The van der Waals surface area contributed by atoms with Gasteiger partial charge in [0.15, 0.2) is 0 Å². The molecule has 0 saturated carbocycles. The lowest BCUT2D eigenvalue weighted by atomic mass is 9.90. The first-order valence-corrected chi connectivity index (χ1v) is 10.7. The topological polar surface area (TPSA) is 25.8 Å². The molecule has 4 aromatic rings. The van der Waals surface area contributed by atoms with Crippen molar-refractivity contribution in [1.29, 1.82) is 0 Å². The summed E-state index contributed by atoms with van der Waals surface area (Å²) in [5.41, 5.74) is 6.09. The highest BCUT2D eigenvalue weighted by molar-refractivity contribution is 6.10. The summed E-state index contributed by atoms with van der Waals surface area (Å²) in [6, 6.07) is 19.7. The van der Waals surface area contributed by atoms with E-state index in [-0.39, 0.29) is 0 Å². The van der Waals surface area contributed by atoms with Gasteiger partial charge in [-0.1, -0.05) is 76.2 Å². The van der Waals surface area contributed by atoms with Crippen molar-refractivity contribution in [3.05, 3.63) is 71.5 Å². The van der Waals surface area contributed by atoms with E-state index in [1.807, 2.05) is 13.0 Å². The molecule has 0 radical (unpaired) electrons. The van der Waals surface area contributed by atoms with Gasteiger partial charge in [-0.3, -0.25) is 0 Å². The quantitative estimate of drug-likeness (QED) is 0.342. The molecule has 0 saturated heterocycles. The highest BCUT2D eigenvalue weighted by Crippen LogP contribution is 2.34. The van der Waals surface area contributed by atoms with E-state index in [1.54, 1.807) is 0 Å². The molecule has 29 heavy (non-hydrogen) atoms. The standard InChI is InChI=1S/C27H30N2/c1-17(2)13-20-15-22-11-12-24-26(21-9-7-6-8-10-21)28-19(5)29-27(24)25(22)23(16-20)14-18(3)4/h6-12,15-18H,13-14H2,1-5H3.